The zero-order valence-electron chi connectivity index (χ0n) is 10.6. The molecule has 0 spiro atoms. The van der Waals surface area contributed by atoms with Gasteiger partial charge in [0.25, 0.3) is 0 Å². The number of carbonyl (C=O) groups is 1. The van der Waals surface area contributed by atoms with Crippen LogP contribution in [0.2, 0.25) is 5.02 Å². The molecule has 2 rings (SSSR count). The molecule has 3 nitrogen and oxygen atoms in total. The van der Waals surface area contributed by atoms with Crippen LogP contribution in [0.1, 0.15) is 11.1 Å². The Bertz CT molecular complexity index is 631. The van der Waals surface area contributed by atoms with Crippen LogP contribution in [0.3, 0.4) is 0 Å². The molecule has 0 aliphatic rings. The van der Waals surface area contributed by atoms with Crippen molar-refractivity contribution in [3.05, 3.63) is 64.4 Å². The molecule has 0 unspecified atom stereocenters. The van der Waals surface area contributed by atoms with Crippen LogP contribution in [-0.2, 0) is 22.6 Å². The van der Waals surface area contributed by atoms with Gasteiger partial charge in [-0.25, -0.2) is 4.39 Å². The lowest BCUT2D eigenvalue weighted by Gasteiger charge is -2.07. The molecule has 2 aromatic rings. The van der Waals surface area contributed by atoms with Crippen molar-refractivity contribution < 1.29 is 13.9 Å². The number of rotatable bonds is 4. The number of benzene rings is 2. The maximum atomic E-state index is 13.0. The molecule has 0 atom stereocenters. The third kappa shape index (κ3) is 3.96. The highest BCUT2D eigenvalue weighted by Crippen LogP contribution is 2.18. The average Bonchev–Trinajstić information content (AvgIpc) is 2.40. The molecule has 0 aliphatic carbocycles. The van der Waals surface area contributed by atoms with E-state index >= 15 is 0 Å². The Morgan fingerprint density at radius 1 is 1.25 bits per heavy atom. The zero-order chi connectivity index (χ0) is 14.5. The van der Waals surface area contributed by atoms with Crippen LogP contribution < -0.4 is 5.73 Å². The van der Waals surface area contributed by atoms with Crippen LogP contribution in [-0.4, -0.2) is 5.97 Å². The minimum absolute atomic E-state index is 0.0578. The van der Waals surface area contributed by atoms with Crippen molar-refractivity contribution in [1.82, 2.24) is 0 Å². The van der Waals surface area contributed by atoms with E-state index in [1.165, 1.54) is 18.2 Å². The first-order valence-electron chi connectivity index (χ1n) is 5.98. The first kappa shape index (κ1) is 14.3. The lowest BCUT2D eigenvalue weighted by atomic mass is 10.1. The van der Waals surface area contributed by atoms with E-state index in [0.29, 0.717) is 16.3 Å². The summed E-state index contributed by atoms with van der Waals surface area (Å²) in [5, 5.41) is 0.364. The molecule has 0 amide bonds. The van der Waals surface area contributed by atoms with Crippen molar-refractivity contribution in [2.24, 2.45) is 0 Å². The second-order valence-corrected chi connectivity index (χ2v) is 4.73. The number of halogens is 2. The summed E-state index contributed by atoms with van der Waals surface area (Å²) >= 11 is 5.89. The van der Waals surface area contributed by atoms with E-state index in [0.717, 1.165) is 5.56 Å². The summed E-state index contributed by atoms with van der Waals surface area (Å²) in [4.78, 5) is 11.7. The first-order chi connectivity index (χ1) is 9.54. The number of esters is 1. The van der Waals surface area contributed by atoms with Gasteiger partial charge >= 0.3 is 5.97 Å². The van der Waals surface area contributed by atoms with Gasteiger partial charge < -0.3 is 10.5 Å². The summed E-state index contributed by atoms with van der Waals surface area (Å²) in [5.74, 6) is -0.841. The van der Waals surface area contributed by atoms with Crippen LogP contribution in [0, 0.1) is 5.82 Å². The Balaban J connectivity index is 1.94. The fraction of sp³-hybridized carbons (Fsp3) is 0.133. The highest BCUT2D eigenvalue weighted by molar-refractivity contribution is 6.31. The summed E-state index contributed by atoms with van der Waals surface area (Å²) in [6, 6.07) is 10.9. The normalized spacial score (nSPS) is 10.3. The van der Waals surface area contributed by atoms with Crippen molar-refractivity contribution in [3.63, 3.8) is 0 Å². The van der Waals surface area contributed by atoms with Gasteiger partial charge in [-0.1, -0.05) is 23.7 Å². The van der Waals surface area contributed by atoms with E-state index < -0.39 is 11.8 Å². The van der Waals surface area contributed by atoms with Gasteiger partial charge in [0.15, 0.2) is 0 Å². The molecule has 0 aromatic heterocycles. The third-order valence-electron chi connectivity index (χ3n) is 2.70. The van der Waals surface area contributed by atoms with Crippen molar-refractivity contribution in [2.75, 3.05) is 5.73 Å². The monoisotopic (exact) mass is 293 g/mol. The van der Waals surface area contributed by atoms with Crippen molar-refractivity contribution in [3.8, 4) is 0 Å². The maximum absolute atomic E-state index is 13.0. The summed E-state index contributed by atoms with van der Waals surface area (Å²) in [5.41, 5.74) is 7.41. The van der Waals surface area contributed by atoms with E-state index in [1.54, 1.807) is 24.3 Å². The molecule has 0 heterocycles. The highest BCUT2D eigenvalue weighted by atomic mass is 35.5. The van der Waals surface area contributed by atoms with Crippen LogP contribution in [0.5, 0.6) is 0 Å². The van der Waals surface area contributed by atoms with Gasteiger partial charge in [0.1, 0.15) is 12.4 Å². The van der Waals surface area contributed by atoms with E-state index in [4.69, 9.17) is 22.1 Å². The van der Waals surface area contributed by atoms with E-state index in [2.05, 4.69) is 0 Å². The largest absolute Gasteiger partial charge is 0.460 e. The predicted molar refractivity (Wildman–Crippen MR) is 75.8 cm³/mol. The van der Waals surface area contributed by atoms with Gasteiger partial charge in [-0.05, 0) is 35.9 Å². The highest BCUT2D eigenvalue weighted by Gasteiger charge is 2.08. The lowest BCUT2D eigenvalue weighted by molar-refractivity contribution is -0.144. The molecule has 0 saturated heterocycles. The van der Waals surface area contributed by atoms with E-state index in [9.17, 15) is 9.18 Å². The number of carbonyl (C=O) groups excluding carboxylic acids is 1. The zero-order valence-corrected chi connectivity index (χ0v) is 11.4. The molecule has 0 radical (unpaired) electrons. The molecule has 0 bridgehead atoms. The number of nitrogens with two attached hydrogens (primary N) is 1. The standard InChI is InChI=1S/C15H13ClFNO2/c16-14-5-4-12(17)8-11(14)9-20-15(19)7-10-2-1-3-13(18)6-10/h1-6,8H,7,9,18H2. The summed E-state index contributed by atoms with van der Waals surface area (Å²) in [6.45, 7) is -0.0578. The summed E-state index contributed by atoms with van der Waals surface area (Å²) in [6.07, 6.45) is 0.109. The lowest BCUT2D eigenvalue weighted by Crippen LogP contribution is -2.08. The first-order valence-corrected chi connectivity index (χ1v) is 6.36. The number of ether oxygens (including phenoxy) is 1. The average molecular weight is 294 g/mol. The Labute approximate surface area is 121 Å². The van der Waals surface area contributed by atoms with Crippen LogP contribution in [0.4, 0.5) is 10.1 Å². The fourth-order valence-electron chi connectivity index (χ4n) is 1.73. The molecule has 0 fully saturated rings. The van der Waals surface area contributed by atoms with Gasteiger partial charge in [-0.2, -0.15) is 0 Å². The molecule has 20 heavy (non-hydrogen) atoms. The summed E-state index contributed by atoms with van der Waals surface area (Å²) in [7, 11) is 0. The third-order valence-corrected chi connectivity index (χ3v) is 3.06. The number of hydrogen-bond donors (Lipinski definition) is 1. The number of hydrogen-bond acceptors (Lipinski definition) is 3. The predicted octanol–water partition coefficient (Wildman–Crippen LogP) is 3.35. The molecule has 104 valence electrons. The smallest absolute Gasteiger partial charge is 0.310 e. The van der Waals surface area contributed by atoms with Crippen LogP contribution in [0.25, 0.3) is 0 Å². The molecular weight excluding hydrogens is 281 g/mol. The topological polar surface area (TPSA) is 52.3 Å². The second kappa shape index (κ2) is 6.39. The Hall–Kier alpha value is -2.07. The SMILES string of the molecule is Nc1cccc(CC(=O)OCc2cc(F)ccc2Cl)c1. The number of nitrogen functional groups attached to an aromatic ring is 1. The van der Waals surface area contributed by atoms with Gasteiger partial charge in [0.2, 0.25) is 0 Å². The summed E-state index contributed by atoms with van der Waals surface area (Å²) < 4.78 is 18.1. The molecule has 5 heteroatoms. The van der Waals surface area contributed by atoms with Crippen LogP contribution in [0.15, 0.2) is 42.5 Å². The van der Waals surface area contributed by atoms with E-state index in [-0.39, 0.29) is 13.0 Å². The minimum atomic E-state index is -0.420. The maximum Gasteiger partial charge on any atom is 0.310 e. The molecular formula is C15H13ClFNO2. The van der Waals surface area contributed by atoms with Gasteiger partial charge in [0, 0.05) is 16.3 Å². The quantitative estimate of drug-likeness (QED) is 0.695. The van der Waals surface area contributed by atoms with Crippen molar-refractivity contribution in [2.45, 2.75) is 13.0 Å². The number of anilines is 1. The molecule has 0 aliphatic heterocycles. The second-order valence-electron chi connectivity index (χ2n) is 4.32. The minimum Gasteiger partial charge on any atom is -0.460 e. The van der Waals surface area contributed by atoms with Crippen molar-refractivity contribution in [1.29, 1.82) is 0 Å². The molecule has 2 aromatic carbocycles. The fourth-order valence-corrected chi connectivity index (χ4v) is 1.91. The van der Waals surface area contributed by atoms with E-state index in [1.807, 2.05) is 0 Å². The van der Waals surface area contributed by atoms with Crippen LogP contribution >= 0.6 is 11.6 Å². The van der Waals surface area contributed by atoms with Crippen molar-refractivity contribution >= 4 is 23.3 Å². The Morgan fingerprint density at radius 2 is 2.05 bits per heavy atom. The Kier molecular flexibility index (Phi) is 4.58. The molecule has 2 N–H and O–H groups in total. The molecule has 0 saturated carbocycles. The van der Waals surface area contributed by atoms with Gasteiger partial charge in [-0.3, -0.25) is 4.79 Å². The van der Waals surface area contributed by atoms with Gasteiger partial charge in [0.05, 0.1) is 6.42 Å². The van der Waals surface area contributed by atoms with Gasteiger partial charge in [-0.15, -0.1) is 0 Å². The Morgan fingerprint density at radius 3 is 2.80 bits per heavy atom.